The summed E-state index contributed by atoms with van der Waals surface area (Å²) >= 11 is 8.88. The Morgan fingerprint density at radius 1 is 0.374 bits per heavy atom. The van der Waals surface area contributed by atoms with Gasteiger partial charge in [-0.05, 0) is 168 Å². The number of benzene rings is 5. The third-order valence-corrected chi connectivity index (χ3v) is 23.6. The van der Waals surface area contributed by atoms with E-state index in [0.29, 0.717) is 69.6 Å². The highest BCUT2D eigenvalue weighted by atomic mass is 35.5. The summed E-state index contributed by atoms with van der Waals surface area (Å²) in [6, 6.07) is 37.3. The second-order valence-corrected chi connectivity index (χ2v) is 34.0. The van der Waals surface area contributed by atoms with Crippen LogP contribution in [0.4, 0.5) is 77.0 Å². The maximum Gasteiger partial charge on any atom is 0.259 e. The summed E-state index contributed by atoms with van der Waals surface area (Å²) in [5.41, 5.74) is 13.3. The number of carbonyl (C=O) groups is 4. The molecule has 0 radical (unpaired) electrons. The monoisotopic (exact) mass is 1720 g/mol. The van der Waals surface area contributed by atoms with Gasteiger partial charge in [0.2, 0.25) is 10.4 Å². The molecule has 4 aliphatic rings. The minimum Gasteiger partial charge on any atom is -0.366 e. The van der Waals surface area contributed by atoms with Crippen LogP contribution in [0.15, 0.2) is 202 Å². The SMILES string of the molecule is CC(C)c1ccc(NC(=O)c2cccnc2)c(N2CCN(c3cnccn3)CC2)c1.CC(C)c1ccc(NC(=O)c2cccnc2)c(N2CCN(c3nsc(Cl)n3)CC2)c1.Cc1c(F)ccc(F)c1C(=O)Nc1ccc(C(C)C)cc1N1CCN(c2cnccn2)CC1.Cc1cnc(N2CCN(c3cc(C(C)C)ccc3NC(=O)c3cccnc3)CC2)s1. The largest absolute Gasteiger partial charge is 0.366 e. The molecule has 4 fully saturated rings. The second-order valence-electron chi connectivity index (χ2n) is 31.4. The van der Waals surface area contributed by atoms with E-state index in [-0.39, 0.29) is 28.8 Å². The van der Waals surface area contributed by atoms with Gasteiger partial charge in [0, 0.05) is 195 Å². The Labute approximate surface area is 730 Å². The van der Waals surface area contributed by atoms with Gasteiger partial charge in [0.25, 0.3) is 23.6 Å². The zero-order chi connectivity index (χ0) is 86.6. The molecule has 0 unspecified atom stereocenters. The van der Waals surface area contributed by atoms with Crippen molar-refractivity contribution in [3.8, 4) is 0 Å². The fraction of sp³-hybridized carbons (Fsp3) is 0.326. The molecule has 4 saturated heterocycles. The zero-order valence-electron chi connectivity index (χ0n) is 70.8. The van der Waals surface area contributed by atoms with E-state index in [0.717, 1.165) is 166 Å². The molecule has 26 nitrogen and oxygen atoms in total. The summed E-state index contributed by atoms with van der Waals surface area (Å²) in [7, 11) is 0. The lowest BCUT2D eigenvalue weighted by Gasteiger charge is -2.37. The summed E-state index contributed by atoms with van der Waals surface area (Å²) in [5, 5.41) is 13.1. The van der Waals surface area contributed by atoms with Crippen LogP contribution in [0.25, 0.3) is 0 Å². The van der Waals surface area contributed by atoms with E-state index in [1.165, 1.54) is 40.0 Å². The van der Waals surface area contributed by atoms with Crippen LogP contribution in [0.1, 0.15) is 153 Å². The first-order chi connectivity index (χ1) is 59.5. The van der Waals surface area contributed by atoms with Crippen molar-refractivity contribution in [2.75, 3.05) is 165 Å². The number of pyridine rings is 3. The van der Waals surface area contributed by atoms with Gasteiger partial charge in [-0.3, -0.25) is 44.1 Å². The topological polar surface area (TPSA) is 271 Å². The number of nitrogens with zero attached hydrogens (tertiary/aromatic N) is 18. The molecule has 4 N–H and O–H groups in total. The molecular formula is C92H103ClF2N22O4S2. The first-order valence-electron chi connectivity index (χ1n) is 41.4. The van der Waals surface area contributed by atoms with E-state index < -0.39 is 17.5 Å². The summed E-state index contributed by atoms with van der Waals surface area (Å²) < 4.78 is 33.1. The average Bonchev–Trinajstić information content (AvgIpc) is 1.29. The molecule has 0 aliphatic carbocycles. The van der Waals surface area contributed by atoms with Gasteiger partial charge in [0.1, 0.15) is 23.3 Å². The summed E-state index contributed by atoms with van der Waals surface area (Å²) in [5.74, 6) is 1.47. The number of thiazole rings is 1. The van der Waals surface area contributed by atoms with Gasteiger partial charge in [0.15, 0.2) is 5.13 Å². The molecule has 123 heavy (non-hydrogen) atoms. The van der Waals surface area contributed by atoms with Gasteiger partial charge in [-0.2, -0.15) is 9.36 Å². The fourth-order valence-corrected chi connectivity index (χ4v) is 16.1. The smallest absolute Gasteiger partial charge is 0.259 e. The van der Waals surface area contributed by atoms with Gasteiger partial charge < -0.3 is 60.5 Å². The van der Waals surface area contributed by atoms with Crippen molar-refractivity contribution in [3.63, 3.8) is 0 Å². The van der Waals surface area contributed by atoms with E-state index in [4.69, 9.17) is 11.6 Å². The van der Waals surface area contributed by atoms with Crippen LogP contribution in [0.3, 0.4) is 0 Å². The van der Waals surface area contributed by atoms with Gasteiger partial charge in [-0.25, -0.2) is 23.7 Å². The molecule has 16 rings (SSSR count). The highest BCUT2D eigenvalue weighted by molar-refractivity contribution is 7.15. The Morgan fingerprint density at radius 3 is 1.02 bits per heavy atom. The Morgan fingerprint density at radius 2 is 0.707 bits per heavy atom. The lowest BCUT2D eigenvalue weighted by Crippen LogP contribution is -2.47. The lowest BCUT2D eigenvalue weighted by atomic mass is 10.0. The molecule has 0 saturated carbocycles. The van der Waals surface area contributed by atoms with Gasteiger partial charge in [0.05, 0.1) is 80.1 Å². The Hall–Kier alpha value is -12.7. The van der Waals surface area contributed by atoms with E-state index in [1.54, 1.807) is 122 Å². The van der Waals surface area contributed by atoms with Crippen LogP contribution in [0.5, 0.6) is 0 Å². The average molecular weight is 1720 g/mol. The highest BCUT2D eigenvalue weighted by Crippen LogP contribution is 2.38. The second kappa shape index (κ2) is 41.7. The number of nitrogens with one attached hydrogen (secondary N) is 4. The number of anilines is 12. The predicted octanol–water partition coefficient (Wildman–Crippen LogP) is 17.2. The van der Waals surface area contributed by atoms with Crippen molar-refractivity contribution in [2.24, 2.45) is 0 Å². The van der Waals surface area contributed by atoms with Crippen molar-refractivity contribution in [3.05, 3.63) is 273 Å². The van der Waals surface area contributed by atoms with Crippen molar-refractivity contribution >= 4 is 126 Å². The molecule has 4 aliphatic heterocycles. The van der Waals surface area contributed by atoms with Crippen LogP contribution in [0, 0.1) is 25.5 Å². The van der Waals surface area contributed by atoms with Crippen LogP contribution in [-0.4, -0.2) is 178 Å². The number of rotatable bonds is 20. The number of hydrogen-bond acceptors (Lipinski definition) is 24. The van der Waals surface area contributed by atoms with Crippen molar-refractivity contribution in [1.82, 2.24) is 49.2 Å². The number of amides is 4. The first kappa shape index (κ1) is 88.1. The van der Waals surface area contributed by atoms with Crippen molar-refractivity contribution < 1.29 is 28.0 Å². The minimum atomic E-state index is -0.746. The number of carbonyl (C=O) groups excluding carboxylic acids is 4. The van der Waals surface area contributed by atoms with E-state index in [9.17, 15) is 28.0 Å². The molecule has 0 bridgehead atoms. The minimum absolute atomic E-state index is 0.00886. The molecule has 5 aromatic carbocycles. The molecule has 12 aromatic rings. The van der Waals surface area contributed by atoms with Crippen molar-refractivity contribution in [2.45, 2.75) is 92.9 Å². The maximum absolute atomic E-state index is 14.4. The van der Waals surface area contributed by atoms with E-state index >= 15 is 0 Å². The highest BCUT2D eigenvalue weighted by Gasteiger charge is 2.30. The zero-order valence-corrected chi connectivity index (χ0v) is 73.2. The number of aryl methyl sites for hydroxylation is 1. The Kier molecular flexibility index (Phi) is 29.9. The molecule has 638 valence electrons. The summed E-state index contributed by atoms with van der Waals surface area (Å²) in [6.07, 6.45) is 21.9. The van der Waals surface area contributed by atoms with Gasteiger partial charge >= 0.3 is 0 Å². The molecule has 7 aromatic heterocycles. The maximum atomic E-state index is 14.4. The van der Waals surface area contributed by atoms with Crippen LogP contribution < -0.4 is 60.5 Å². The van der Waals surface area contributed by atoms with Crippen molar-refractivity contribution in [1.29, 1.82) is 0 Å². The third kappa shape index (κ3) is 22.9. The normalized spacial score (nSPS) is 14.2. The molecule has 31 heteroatoms. The number of piperazine rings is 4. The Balaban J connectivity index is 0.000000141. The molecule has 11 heterocycles. The van der Waals surface area contributed by atoms with Crippen LogP contribution in [0.2, 0.25) is 4.47 Å². The first-order valence-corrected chi connectivity index (χ1v) is 43.3. The molecule has 0 spiro atoms. The quantitative estimate of drug-likeness (QED) is 0.0552. The van der Waals surface area contributed by atoms with E-state index in [2.05, 4.69) is 214 Å². The van der Waals surface area contributed by atoms with Crippen LogP contribution >= 0.6 is 34.5 Å². The summed E-state index contributed by atoms with van der Waals surface area (Å²) in [4.78, 5) is 108. The lowest BCUT2D eigenvalue weighted by molar-refractivity contribution is 0.101. The van der Waals surface area contributed by atoms with Crippen LogP contribution in [-0.2, 0) is 0 Å². The standard InChI is InChI=1S/C25H27F2N5O.C23H26N6O.C23H27N5OS.C21H23ClN6OS/c1-16(2)18-4-7-21(30-25(33)24-17(3)19(26)5-6-20(24)27)22(14-18)31-10-12-32(13-11-31)23-15-28-8-9-29-23;1-17(2)18-5-6-20(27-23(30)19-4-3-7-24-15-19)21(14-18)28-10-12-29(13-11-28)22-16-25-8-9-26-22;1-16(2)18-6-7-20(26-22(29)19-5-4-8-24-15-19)21(13-18)27-9-11-28(12-10-27)23-25-14-17(3)30-23;1-14(2)15-5-6-17(24-19(29)16-4-3-7-23-13-16)18(12-15)27-8-10-28(11-9-27)21-25-20(22)30-26-21/h4-9,14-16H,10-13H2,1-3H3,(H,30,33);3-9,14-17H,10-13H2,1-2H3,(H,27,30);4-8,13-16H,9-12H2,1-3H3,(H,26,29);3-7,12-14H,8-11H2,1-2H3,(H,24,29). The van der Waals surface area contributed by atoms with E-state index in [1.807, 2.05) is 36.5 Å². The predicted molar refractivity (Wildman–Crippen MR) is 491 cm³/mol. The van der Waals surface area contributed by atoms with Gasteiger partial charge in [-0.1, -0.05) is 79.7 Å². The molecule has 4 amide bonds. The fourth-order valence-electron chi connectivity index (χ4n) is 14.7. The number of aromatic nitrogens is 10. The number of halogens is 3. The summed E-state index contributed by atoms with van der Waals surface area (Å²) in [6.45, 7) is 33.9. The third-order valence-electron chi connectivity index (χ3n) is 21.9. The van der Waals surface area contributed by atoms with Gasteiger partial charge in [-0.15, -0.1) is 11.3 Å². The number of hydrogen-bond donors (Lipinski definition) is 4. The Bertz CT molecular complexity index is 5350. The molecular weight excluding hydrogens is 1610 g/mol. The molecule has 0 atom stereocenters.